The van der Waals surface area contributed by atoms with E-state index in [1.54, 1.807) is 0 Å². The maximum Gasteiger partial charge on any atom is 0.238 e. The number of rotatable bonds is 9. The second-order valence-corrected chi connectivity index (χ2v) is 4.18. The number of ether oxygens (including phenoxy) is 2. The summed E-state index contributed by atoms with van der Waals surface area (Å²) in [6.45, 7) is 4.45. The van der Waals surface area contributed by atoms with Gasteiger partial charge in [0.15, 0.2) is 0 Å². The lowest BCUT2D eigenvalue weighted by Gasteiger charge is -2.09. The van der Waals surface area contributed by atoms with Crippen molar-refractivity contribution in [2.45, 2.75) is 26.4 Å². The molecule has 0 atom stereocenters. The average molecular weight is 266 g/mol. The van der Waals surface area contributed by atoms with Gasteiger partial charge in [0.1, 0.15) is 0 Å². The Morgan fingerprint density at radius 3 is 2.53 bits per heavy atom. The van der Waals surface area contributed by atoms with E-state index >= 15 is 0 Å². The first kappa shape index (κ1) is 15.6. The van der Waals surface area contributed by atoms with Gasteiger partial charge >= 0.3 is 0 Å². The summed E-state index contributed by atoms with van der Waals surface area (Å²) >= 11 is 0. The zero-order chi connectivity index (χ0) is 13.9. The lowest BCUT2D eigenvalue weighted by Crippen LogP contribution is -2.31. The fourth-order valence-electron chi connectivity index (χ4n) is 1.64. The minimum Gasteiger partial charge on any atom is -0.379 e. The molecule has 1 aromatic rings. The van der Waals surface area contributed by atoms with Crippen molar-refractivity contribution in [2.75, 3.05) is 19.8 Å². The number of hydrazine groups is 1. The van der Waals surface area contributed by atoms with Crippen LogP contribution in [0.3, 0.4) is 0 Å². The molecule has 0 unspecified atom stereocenters. The summed E-state index contributed by atoms with van der Waals surface area (Å²) < 4.78 is 10.9. The molecule has 0 bridgehead atoms. The van der Waals surface area contributed by atoms with Crippen molar-refractivity contribution in [2.24, 2.45) is 5.84 Å². The van der Waals surface area contributed by atoms with E-state index in [1.165, 1.54) is 0 Å². The number of carbonyl (C=O) groups is 1. The predicted molar refractivity (Wildman–Crippen MR) is 73.2 cm³/mol. The third kappa shape index (κ3) is 6.33. The van der Waals surface area contributed by atoms with Crippen molar-refractivity contribution in [3.63, 3.8) is 0 Å². The fourth-order valence-corrected chi connectivity index (χ4v) is 1.64. The third-order valence-corrected chi connectivity index (χ3v) is 2.61. The van der Waals surface area contributed by atoms with E-state index in [-0.39, 0.29) is 12.3 Å². The van der Waals surface area contributed by atoms with Crippen molar-refractivity contribution >= 4 is 5.91 Å². The SMILES string of the molecule is CCCOCCOCc1ccccc1CC(=O)NN. The molecule has 3 N–H and O–H groups in total. The van der Waals surface area contributed by atoms with Crippen molar-refractivity contribution in [1.82, 2.24) is 5.43 Å². The summed E-state index contributed by atoms with van der Waals surface area (Å²) in [6.07, 6.45) is 1.28. The van der Waals surface area contributed by atoms with Crippen molar-refractivity contribution < 1.29 is 14.3 Å². The summed E-state index contributed by atoms with van der Waals surface area (Å²) in [7, 11) is 0. The lowest BCUT2D eigenvalue weighted by atomic mass is 10.1. The molecule has 0 spiro atoms. The van der Waals surface area contributed by atoms with E-state index in [1.807, 2.05) is 24.3 Å². The van der Waals surface area contributed by atoms with Crippen molar-refractivity contribution in [1.29, 1.82) is 0 Å². The van der Waals surface area contributed by atoms with E-state index in [4.69, 9.17) is 15.3 Å². The molecule has 0 aliphatic rings. The highest BCUT2D eigenvalue weighted by Crippen LogP contribution is 2.10. The number of hydrogen-bond donors (Lipinski definition) is 2. The molecule has 1 rings (SSSR count). The molecule has 5 heteroatoms. The Morgan fingerprint density at radius 1 is 1.16 bits per heavy atom. The van der Waals surface area contributed by atoms with Crippen LogP contribution in [-0.2, 0) is 27.3 Å². The number of nitrogens with two attached hydrogens (primary N) is 1. The van der Waals surface area contributed by atoms with E-state index in [9.17, 15) is 4.79 Å². The molecule has 0 aromatic heterocycles. The molecule has 1 amide bonds. The molecule has 0 aliphatic heterocycles. The molecule has 0 saturated heterocycles. The summed E-state index contributed by atoms with van der Waals surface area (Å²) in [5.74, 6) is 4.88. The Hall–Kier alpha value is -1.43. The first-order valence-corrected chi connectivity index (χ1v) is 6.49. The number of benzene rings is 1. The molecule has 19 heavy (non-hydrogen) atoms. The summed E-state index contributed by atoms with van der Waals surface area (Å²) in [5, 5.41) is 0. The Morgan fingerprint density at radius 2 is 1.84 bits per heavy atom. The molecule has 0 saturated carbocycles. The van der Waals surface area contributed by atoms with Crippen LogP contribution in [0.4, 0.5) is 0 Å². The van der Waals surface area contributed by atoms with Gasteiger partial charge in [-0.1, -0.05) is 31.2 Å². The van der Waals surface area contributed by atoms with E-state index in [2.05, 4.69) is 12.3 Å². The molecular formula is C14H22N2O3. The van der Waals surface area contributed by atoms with Crippen LogP contribution >= 0.6 is 0 Å². The summed E-state index contributed by atoms with van der Waals surface area (Å²) in [4.78, 5) is 11.3. The van der Waals surface area contributed by atoms with Gasteiger partial charge in [0.05, 0.1) is 26.2 Å². The molecule has 106 valence electrons. The maximum absolute atomic E-state index is 11.3. The van der Waals surface area contributed by atoms with Gasteiger partial charge in [-0.3, -0.25) is 10.2 Å². The van der Waals surface area contributed by atoms with E-state index in [0.29, 0.717) is 19.8 Å². The molecule has 0 heterocycles. The summed E-state index contributed by atoms with van der Waals surface area (Å²) in [5.41, 5.74) is 4.06. The van der Waals surface area contributed by atoms with Gasteiger partial charge in [0, 0.05) is 6.61 Å². The van der Waals surface area contributed by atoms with Crippen molar-refractivity contribution in [3.05, 3.63) is 35.4 Å². The number of carbonyl (C=O) groups excluding carboxylic acids is 1. The van der Waals surface area contributed by atoms with Gasteiger partial charge in [-0.15, -0.1) is 0 Å². The Balaban J connectivity index is 2.38. The van der Waals surface area contributed by atoms with Gasteiger partial charge in [0.2, 0.25) is 5.91 Å². The largest absolute Gasteiger partial charge is 0.379 e. The number of hydrogen-bond acceptors (Lipinski definition) is 4. The average Bonchev–Trinajstić information content (AvgIpc) is 2.44. The fraction of sp³-hybridized carbons (Fsp3) is 0.500. The maximum atomic E-state index is 11.3. The van der Waals surface area contributed by atoms with E-state index in [0.717, 1.165) is 24.2 Å². The van der Waals surface area contributed by atoms with Gasteiger partial charge in [-0.2, -0.15) is 0 Å². The first-order valence-electron chi connectivity index (χ1n) is 6.49. The normalized spacial score (nSPS) is 10.4. The van der Waals surface area contributed by atoms with Crippen LogP contribution in [0.5, 0.6) is 0 Å². The third-order valence-electron chi connectivity index (χ3n) is 2.61. The van der Waals surface area contributed by atoms with Crippen LogP contribution in [0.1, 0.15) is 24.5 Å². The van der Waals surface area contributed by atoms with Crippen LogP contribution in [0.25, 0.3) is 0 Å². The topological polar surface area (TPSA) is 73.6 Å². The smallest absolute Gasteiger partial charge is 0.238 e. The van der Waals surface area contributed by atoms with Crippen LogP contribution in [-0.4, -0.2) is 25.7 Å². The van der Waals surface area contributed by atoms with Gasteiger partial charge in [0.25, 0.3) is 0 Å². The van der Waals surface area contributed by atoms with Gasteiger partial charge < -0.3 is 9.47 Å². The molecular weight excluding hydrogens is 244 g/mol. The Labute approximate surface area is 114 Å². The lowest BCUT2D eigenvalue weighted by molar-refractivity contribution is -0.120. The molecule has 0 aliphatic carbocycles. The quantitative estimate of drug-likeness (QED) is 0.304. The highest BCUT2D eigenvalue weighted by molar-refractivity contribution is 5.78. The highest BCUT2D eigenvalue weighted by atomic mass is 16.5. The minimum atomic E-state index is -0.210. The molecule has 5 nitrogen and oxygen atoms in total. The Kier molecular flexibility index (Phi) is 7.81. The highest BCUT2D eigenvalue weighted by Gasteiger charge is 2.06. The van der Waals surface area contributed by atoms with Crippen LogP contribution < -0.4 is 11.3 Å². The zero-order valence-corrected chi connectivity index (χ0v) is 11.4. The van der Waals surface area contributed by atoms with Crippen LogP contribution in [0.2, 0.25) is 0 Å². The van der Waals surface area contributed by atoms with Crippen LogP contribution in [0, 0.1) is 0 Å². The molecule has 1 aromatic carbocycles. The predicted octanol–water partition coefficient (Wildman–Crippen LogP) is 1.16. The number of nitrogens with one attached hydrogen (secondary N) is 1. The summed E-state index contributed by atoms with van der Waals surface area (Å²) in [6, 6.07) is 7.68. The minimum absolute atomic E-state index is 0.210. The monoisotopic (exact) mass is 266 g/mol. The zero-order valence-electron chi connectivity index (χ0n) is 11.4. The Bertz CT molecular complexity index is 383. The first-order chi connectivity index (χ1) is 9.27. The van der Waals surface area contributed by atoms with E-state index < -0.39 is 0 Å². The van der Waals surface area contributed by atoms with Gasteiger partial charge in [-0.05, 0) is 17.5 Å². The van der Waals surface area contributed by atoms with Crippen molar-refractivity contribution in [3.8, 4) is 0 Å². The second kappa shape index (κ2) is 9.49. The standard InChI is InChI=1S/C14H22N2O3/c1-2-7-18-8-9-19-11-13-6-4-3-5-12(13)10-14(17)16-15/h3-6H,2,7-11,15H2,1H3,(H,16,17). The van der Waals surface area contributed by atoms with Crippen LogP contribution in [0.15, 0.2) is 24.3 Å². The molecule has 0 radical (unpaired) electrons. The number of amides is 1. The van der Waals surface area contributed by atoms with Gasteiger partial charge in [-0.25, -0.2) is 5.84 Å². The second-order valence-electron chi connectivity index (χ2n) is 4.18. The molecule has 0 fully saturated rings.